The topological polar surface area (TPSA) is 290 Å². The lowest BCUT2D eigenvalue weighted by Gasteiger charge is -2.54. The summed E-state index contributed by atoms with van der Waals surface area (Å²) in [5, 5.41) is 16.7. The fraction of sp³-hybridized carbons (Fsp3) is 0.393. The zero-order chi connectivity index (χ0) is 76.1. The van der Waals surface area contributed by atoms with E-state index >= 15 is 0 Å². The second-order valence-corrected chi connectivity index (χ2v) is 33.5. The lowest BCUT2D eigenvalue weighted by atomic mass is 9.91. The number of imidazole rings is 2. The summed E-state index contributed by atoms with van der Waals surface area (Å²) in [4.78, 5) is 140. The zero-order valence-electron chi connectivity index (χ0n) is 62.7. The lowest BCUT2D eigenvalue weighted by molar-refractivity contribution is -0.137. The number of hydrogen-bond acceptors (Lipinski definition) is 19. The third-order valence-corrected chi connectivity index (χ3v) is 26.8. The predicted octanol–water partition coefficient (Wildman–Crippen LogP) is 7.88. The normalized spacial score (nSPS) is 22.6. The Balaban J connectivity index is 0.607. The van der Waals surface area contributed by atoms with Gasteiger partial charge in [0.05, 0.1) is 55.9 Å². The van der Waals surface area contributed by atoms with Crippen LogP contribution in [-0.4, -0.2) is 193 Å². The minimum Gasteiger partial charge on any atom is -0.381 e. The summed E-state index contributed by atoms with van der Waals surface area (Å²) >= 11 is 1.50. The molecule has 572 valence electrons. The molecule has 7 fully saturated rings. The van der Waals surface area contributed by atoms with Gasteiger partial charge in [-0.25, -0.2) is 19.6 Å². The van der Waals surface area contributed by atoms with Gasteiger partial charge in [-0.2, -0.15) is 0 Å². The van der Waals surface area contributed by atoms with E-state index in [1.165, 1.54) is 11.3 Å². The van der Waals surface area contributed by atoms with Gasteiger partial charge < -0.3 is 40.5 Å². The number of amides is 6. The van der Waals surface area contributed by atoms with Gasteiger partial charge in [0.2, 0.25) is 23.6 Å². The van der Waals surface area contributed by atoms with Crippen molar-refractivity contribution in [3.63, 3.8) is 0 Å². The first-order valence-electron chi connectivity index (χ1n) is 39.5. The molecule has 9 aliphatic rings. The summed E-state index contributed by atoms with van der Waals surface area (Å²) in [6.07, 6.45) is 8.71. The standard InChI is InChI=1S/C84H87N19O8S/c1-47-38-87-74-73-55-13-14-57(90-58(55)15-19-69(73)112-76(74)81(109)89-47)52-9-20-70(86-39-52)100-34-33-99(41-49-42-101(43-49)62-5-4-6-63-75(62)95(3)83(111)103(63)65-18-22-72(105)93-80(65)108)68(45-100)67-44-97(53-10-7-50(8-11-53)59-35-51(23-28-85-59)60-37-56-77(91-60)84(26-27-84)46-88-78(56)106)31-32-98(67)40-48-24-29-96(30-25-48)54-12-16-61-66(36-54)94(2)82(110)102(61)64-17-21-71(104)92-79(64)107/h4-16,19-20,23,28,35-37,39,47-49,64-65,67-68,87,91H,17-18,21-22,24-27,29-34,38,40-46H2,1-3H3,(H,88,106)(H,89,109)(H,92,104,107)(H,93,105,108)/t47-,64?,65?,67?,68?/m1/s1. The summed E-state index contributed by atoms with van der Waals surface area (Å²) in [7, 11) is 3.51. The molecule has 11 aromatic rings. The van der Waals surface area contributed by atoms with Crippen molar-refractivity contribution in [3.8, 4) is 33.8 Å². The first kappa shape index (κ1) is 69.7. The number of piperazine rings is 2. The second kappa shape index (κ2) is 27.2. The van der Waals surface area contributed by atoms with Crippen molar-refractivity contribution >= 4 is 118 Å². The molecule has 5 atom stereocenters. The summed E-state index contributed by atoms with van der Waals surface area (Å²) in [6, 6.07) is 38.1. The number of hydrogen-bond donors (Lipinski definition) is 6. The van der Waals surface area contributed by atoms with E-state index in [4.69, 9.17) is 15.0 Å². The first-order valence-corrected chi connectivity index (χ1v) is 40.3. The fourth-order valence-corrected chi connectivity index (χ4v) is 20.4. The number of aromatic nitrogens is 8. The second-order valence-electron chi connectivity index (χ2n) is 32.5. The minimum absolute atomic E-state index is 0.00485. The molecule has 1 spiro atoms. The molecule has 1 saturated carbocycles. The van der Waals surface area contributed by atoms with Crippen molar-refractivity contribution in [1.82, 2.24) is 69.3 Å². The highest BCUT2D eigenvalue weighted by Gasteiger charge is 2.51. The van der Waals surface area contributed by atoms with Crippen LogP contribution < -0.4 is 57.6 Å². The van der Waals surface area contributed by atoms with Crippen LogP contribution in [0.2, 0.25) is 0 Å². The molecule has 4 unspecified atom stereocenters. The summed E-state index contributed by atoms with van der Waals surface area (Å²) in [5.41, 5.74) is 14.3. The quantitative estimate of drug-likeness (QED) is 0.0564. The van der Waals surface area contributed by atoms with Crippen LogP contribution in [-0.2, 0) is 38.7 Å². The molecule has 0 radical (unpaired) electrons. The van der Waals surface area contributed by atoms with E-state index in [1.54, 1.807) is 32.4 Å². The van der Waals surface area contributed by atoms with E-state index in [9.17, 15) is 38.4 Å². The number of thiophene rings is 1. The number of aromatic amines is 1. The highest BCUT2D eigenvalue weighted by molar-refractivity contribution is 7.21. The number of nitrogens with zero attached hydrogens (tertiary/aromatic N) is 13. The Labute approximate surface area is 647 Å². The molecule has 6 N–H and O–H groups in total. The molecular weight excluding hydrogens is 1440 g/mol. The highest BCUT2D eigenvalue weighted by atomic mass is 32.1. The number of carbonyl (C=O) groups excluding carboxylic acids is 6. The van der Waals surface area contributed by atoms with Crippen LogP contribution in [0.4, 0.5) is 28.6 Å². The number of anilines is 5. The molecule has 0 bridgehead atoms. The Morgan fingerprint density at radius 1 is 0.571 bits per heavy atom. The third-order valence-electron chi connectivity index (χ3n) is 25.7. The van der Waals surface area contributed by atoms with Crippen LogP contribution in [0.5, 0.6) is 0 Å². The summed E-state index contributed by atoms with van der Waals surface area (Å²) in [5.74, 6) is -0.0797. The van der Waals surface area contributed by atoms with Crippen molar-refractivity contribution in [3.05, 3.63) is 165 Å². The van der Waals surface area contributed by atoms with E-state index in [2.05, 4.69) is 140 Å². The van der Waals surface area contributed by atoms with Crippen molar-refractivity contribution in [2.45, 2.75) is 93.9 Å². The number of nitrogens with one attached hydrogen (secondary N) is 6. The molecule has 6 saturated heterocycles. The molecule has 8 aliphatic heterocycles. The van der Waals surface area contributed by atoms with E-state index in [1.807, 2.05) is 55.7 Å². The number of benzene rings is 4. The largest absolute Gasteiger partial charge is 0.381 e. The van der Waals surface area contributed by atoms with Gasteiger partial charge in [0, 0.05) is 215 Å². The number of aryl methyl sites for hydroxylation is 2. The smallest absolute Gasteiger partial charge is 0.329 e. The predicted molar refractivity (Wildman–Crippen MR) is 431 cm³/mol. The van der Waals surface area contributed by atoms with Crippen LogP contribution in [0.1, 0.15) is 96.1 Å². The number of piperidine rings is 3. The third kappa shape index (κ3) is 12.0. The molecule has 4 aromatic carbocycles. The number of fused-ring (bicyclic) bond motifs is 9. The van der Waals surface area contributed by atoms with Crippen LogP contribution >= 0.6 is 11.3 Å². The maximum atomic E-state index is 14.2. The van der Waals surface area contributed by atoms with Crippen molar-refractivity contribution in [2.24, 2.45) is 25.9 Å². The fourth-order valence-electron chi connectivity index (χ4n) is 19.3. The number of pyridine rings is 3. The van der Waals surface area contributed by atoms with E-state index in [0.717, 1.165) is 210 Å². The molecule has 20 rings (SSSR count). The van der Waals surface area contributed by atoms with Gasteiger partial charge in [-0.3, -0.25) is 72.5 Å². The van der Waals surface area contributed by atoms with Crippen LogP contribution in [0.25, 0.3) is 76.8 Å². The number of H-pyrrole nitrogens is 1. The zero-order valence-corrected chi connectivity index (χ0v) is 63.5. The minimum atomic E-state index is -0.787. The number of para-hydroxylation sites is 1. The van der Waals surface area contributed by atoms with Gasteiger partial charge in [0.25, 0.3) is 11.8 Å². The van der Waals surface area contributed by atoms with Gasteiger partial charge in [-0.15, -0.1) is 11.3 Å². The number of imide groups is 2. The van der Waals surface area contributed by atoms with Gasteiger partial charge >= 0.3 is 11.4 Å². The molecule has 27 nitrogen and oxygen atoms in total. The Bertz CT molecular complexity index is 5860. The van der Waals surface area contributed by atoms with Crippen molar-refractivity contribution in [1.29, 1.82) is 0 Å². The van der Waals surface area contributed by atoms with E-state index < -0.39 is 23.9 Å². The molecule has 28 heteroatoms. The Morgan fingerprint density at radius 2 is 1.28 bits per heavy atom. The summed E-state index contributed by atoms with van der Waals surface area (Å²) in [6.45, 7) is 12.9. The first-order chi connectivity index (χ1) is 54.4. The average molecular weight is 1520 g/mol. The molecule has 15 heterocycles. The monoisotopic (exact) mass is 1520 g/mol. The van der Waals surface area contributed by atoms with Crippen molar-refractivity contribution < 1.29 is 28.8 Å². The Kier molecular flexibility index (Phi) is 16.9. The average Bonchev–Trinajstić information content (AvgIpc) is 1.56. The van der Waals surface area contributed by atoms with Gasteiger partial charge in [0.1, 0.15) is 22.8 Å². The van der Waals surface area contributed by atoms with Crippen LogP contribution in [0.15, 0.2) is 137 Å². The SMILES string of the molecule is C[C@@H]1CNc2c(sc3ccc4nc(-c5ccc(N6CCN(CC7CN(c8cccc9c8n(C)c(=O)n9C8CCC(=O)NC8=O)C7)C(C7CN(c8ccc(-c9cc(-c%10cc%11c([nH]%10)C%10(CC%10)CNC%11=O)ccn9)cc8)CCN7CC7CCN(c8ccc9c(c8)n(C)c(=O)n9C8CCC(=O)NC8=O)CC7)C6)nc5)ccc4c23)C(=O)N1. The maximum absolute atomic E-state index is 14.2. The van der Waals surface area contributed by atoms with Crippen LogP contribution in [0.3, 0.4) is 0 Å². The van der Waals surface area contributed by atoms with E-state index in [-0.39, 0.29) is 84.2 Å². The Morgan fingerprint density at radius 3 is 2.01 bits per heavy atom. The molecule has 7 aromatic heterocycles. The summed E-state index contributed by atoms with van der Waals surface area (Å²) < 4.78 is 7.40. The Hall–Kier alpha value is -11.5. The van der Waals surface area contributed by atoms with Gasteiger partial charge in [-0.1, -0.05) is 18.2 Å². The highest BCUT2D eigenvalue weighted by Crippen LogP contribution is 2.51. The van der Waals surface area contributed by atoms with Crippen molar-refractivity contribution in [2.75, 3.05) is 117 Å². The number of carbonyl (C=O) groups is 6. The number of rotatable bonds is 14. The maximum Gasteiger partial charge on any atom is 0.329 e. The molecule has 112 heavy (non-hydrogen) atoms. The lowest BCUT2D eigenvalue weighted by Crippen LogP contribution is -2.68. The van der Waals surface area contributed by atoms with Gasteiger partial charge in [0.15, 0.2) is 0 Å². The van der Waals surface area contributed by atoms with E-state index in [0.29, 0.717) is 40.8 Å². The van der Waals surface area contributed by atoms with Gasteiger partial charge in [-0.05, 0) is 148 Å². The van der Waals surface area contributed by atoms with Crippen LogP contribution in [0, 0.1) is 11.8 Å². The molecular formula is C84H87N19O8S. The molecule has 1 aliphatic carbocycles. The molecule has 6 amide bonds.